The summed E-state index contributed by atoms with van der Waals surface area (Å²) < 4.78 is 1.68. The van der Waals surface area contributed by atoms with Crippen molar-refractivity contribution in [2.45, 2.75) is 19.0 Å². The van der Waals surface area contributed by atoms with Gasteiger partial charge >= 0.3 is 0 Å². The largest absolute Gasteiger partial charge is 0.268 e. The number of thioether (sulfide) groups is 1. The molecule has 1 heterocycles. The smallest absolute Gasteiger partial charge is 0.266 e. The highest BCUT2D eigenvalue weighted by atomic mass is 35.5. The molecule has 0 spiro atoms. The summed E-state index contributed by atoms with van der Waals surface area (Å²) in [6, 6.07) is 13.1. The van der Waals surface area contributed by atoms with Gasteiger partial charge in [-0.2, -0.15) is 0 Å². The zero-order chi connectivity index (χ0) is 15.7. The van der Waals surface area contributed by atoms with E-state index in [1.807, 2.05) is 38.1 Å². The van der Waals surface area contributed by atoms with Crippen molar-refractivity contribution < 1.29 is 0 Å². The van der Waals surface area contributed by atoms with Crippen LogP contribution in [0.2, 0.25) is 5.02 Å². The molecule has 0 amide bonds. The molecule has 3 aromatic rings. The Morgan fingerprint density at radius 2 is 2.05 bits per heavy atom. The summed E-state index contributed by atoms with van der Waals surface area (Å²) in [5.74, 6) is 0.838. The van der Waals surface area contributed by atoms with Crippen LogP contribution in [0.1, 0.15) is 12.5 Å². The Bertz CT molecular complexity index is 905. The zero-order valence-corrected chi connectivity index (χ0v) is 13.9. The van der Waals surface area contributed by atoms with Crippen molar-refractivity contribution in [3.63, 3.8) is 0 Å². The highest BCUT2D eigenvalue weighted by Gasteiger charge is 2.13. The molecule has 0 bridgehead atoms. The molecule has 0 saturated heterocycles. The summed E-state index contributed by atoms with van der Waals surface area (Å²) in [6.45, 7) is 4.05. The number of nitrogens with zero attached hydrogens (tertiary/aromatic N) is 2. The minimum Gasteiger partial charge on any atom is -0.268 e. The van der Waals surface area contributed by atoms with E-state index in [9.17, 15) is 4.79 Å². The summed E-state index contributed by atoms with van der Waals surface area (Å²) in [5.41, 5.74) is 2.51. The van der Waals surface area contributed by atoms with Gasteiger partial charge in [0, 0.05) is 5.02 Å². The van der Waals surface area contributed by atoms with E-state index in [2.05, 4.69) is 4.98 Å². The topological polar surface area (TPSA) is 34.9 Å². The van der Waals surface area contributed by atoms with Gasteiger partial charge in [-0.05, 0) is 48.6 Å². The lowest BCUT2D eigenvalue weighted by molar-refractivity contribution is 0.819. The summed E-state index contributed by atoms with van der Waals surface area (Å²) in [7, 11) is 0. The number of halogens is 1. The highest BCUT2D eigenvalue weighted by molar-refractivity contribution is 7.99. The first kappa shape index (κ1) is 15.1. The maximum atomic E-state index is 12.9. The van der Waals surface area contributed by atoms with E-state index >= 15 is 0 Å². The molecular formula is C17H15ClN2OS. The fourth-order valence-electron chi connectivity index (χ4n) is 2.36. The minimum atomic E-state index is -0.0665. The van der Waals surface area contributed by atoms with E-state index < -0.39 is 0 Å². The summed E-state index contributed by atoms with van der Waals surface area (Å²) >= 11 is 7.57. The van der Waals surface area contributed by atoms with Gasteiger partial charge in [-0.25, -0.2) is 4.98 Å². The average molecular weight is 331 g/mol. The maximum absolute atomic E-state index is 12.9. The molecule has 112 valence electrons. The van der Waals surface area contributed by atoms with Gasteiger partial charge in [0.1, 0.15) is 0 Å². The standard InChI is InChI=1S/C17H15ClN2OS/c1-3-22-17-19-15-10-12(18)7-8-14(15)16(21)20(17)13-6-4-5-11(2)9-13/h4-10H,3H2,1-2H3. The predicted molar refractivity (Wildman–Crippen MR) is 93.5 cm³/mol. The first-order chi connectivity index (χ1) is 10.6. The third-order valence-electron chi connectivity index (χ3n) is 3.33. The van der Waals surface area contributed by atoms with E-state index in [0.717, 1.165) is 17.0 Å². The molecule has 2 aromatic carbocycles. The lowest BCUT2D eigenvalue weighted by atomic mass is 10.2. The lowest BCUT2D eigenvalue weighted by Gasteiger charge is -2.13. The van der Waals surface area contributed by atoms with Crippen molar-refractivity contribution in [1.82, 2.24) is 9.55 Å². The molecule has 0 atom stereocenters. The van der Waals surface area contributed by atoms with Crippen molar-refractivity contribution in [3.05, 3.63) is 63.4 Å². The molecule has 0 radical (unpaired) electrons. The second-order valence-corrected chi connectivity index (χ2v) is 6.64. The Kier molecular flexibility index (Phi) is 4.23. The lowest BCUT2D eigenvalue weighted by Crippen LogP contribution is -2.21. The number of hydrogen-bond donors (Lipinski definition) is 0. The van der Waals surface area contributed by atoms with Gasteiger partial charge < -0.3 is 0 Å². The predicted octanol–water partition coefficient (Wildman–Crippen LogP) is 4.46. The molecule has 3 rings (SSSR count). The Morgan fingerprint density at radius 1 is 1.23 bits per heavy atom. The van der Waals surface area contributed by atoms with E-state index in [0.29, 0.717) is 21.1 Å². The fourth-order valence-corrected chi connectivity index (χ4v) is 3.26. The summed E-state index contributed by atoms with van der Waals surface area (Å²) in [5, 5.41) is 1.85. The molecule has 0 aliphatic heterocycles. The average Bonchev–Trinajstić information content (AvgIpc) is 2.47. The molecule has 0 aliphatic rings. The van der Waals surface area contributed by atoms with Crippen LogP contribution in [0.5, 0.6) is 0 Å². The number of hydrogen-bond acceptors (Lipinski definition) is 3. The Balaban J connectivity index is 2.36. The number of fused-ring (bicyclic) bond motifs is 1. The van der Waals surface area contributed by atoms with Crippen LogP contribution < -0.4 is 5.56 Å². The van der Waals surface area contributed by atoms with E-state index in [-0.39, 0.29) is 5.56 Å². The fraction of sp³-hybridized carbons (Fsp3) is 0.176. The first-order valence-corrected chi connectivity index (χ1v) is 8.38. The van der Waals surface area contributed by atoms with Crippen LogP contribution in [0.3, 0.4) is 0 Å². The molecule has 3 nitrogen and oxygen atoms in total. The minimum absolute atomic E-state index is 0.0665. The van der Waals surface area contributed by atoms with Crippen molar-refractivity contribution in [2.24, 2.45) is 0 Å². The van der Waals surface area contributed by atoms with Gasteiger partial charge in [0.15, 0.2) is 5.16 Å². The van der Waals surface area contributed by atoms with Crippen LogP contribution in [0.25, 0.3) is 16.6 Å². The highest BCUT2D eigenvalue weighted by Crippen LogP contribution is 2.23. The van der Waals surface area contributed by atoms with Crippen molar-refractivity contribution in [1.29, 1.82) is 0 Å². The Labute approximate surface area is 138 Å². The number of aromatic nitrogens is 2. The van der Waals surface area contributed by atoms with Gasteiger partial charge in [0.25, 0.3) is 5.56 Å². The monoisotopic (exact) mass is 330 g/mol. The molecule has 0 fully saturated rings. The van der Waals surface area contributed by atoms with Crippen LogP contribution in [0.15, 0.2) is 52.4 Å². The van der Waals surface area contributed by atoms with Gasteiger partial charge in [0.2, 0.25) is 0 Å². The zero-order valence-electron chi connectivity index (χ0n) is 12.3. The summed E-state index contributed by atoms with van der Waals surface area (Å²) in [4.78, 5) is 17.5. The summed E-state index contributed by atoms with van der Waals surface area (Å²) in [6.07, 6.45) is 0. The van der Waals surface area contributed by atoms with Crippen LogP contribution in [-0.4, -0.2) is 15.3 Å². The van der Waals surface area contributed by atoms with Crippen molar-refractivity contribution in [3.8, 4) is 5.69 Å². The number of benzene rings is 2. The van der Waals surface area contributed by atoms with Crippen LogP contribution >= 0.6 is 23.4 Å². The molecule has 1 aromatic heterocycles. The number of aryl methyl sites for hydroxylation is 1. The van der Waals surface area contributed by atoms with Crippen LogP contribution in [0, 0.1) is 6.92 Å². The second-order valence-electron chi connectivity index (χ2n) is 4.97. The van der Waals surface area contributed by atoms with E-state index in [1.54, 1.807) is 34.5 Å². The molecule has 5 heteroatoms. The first-order valence-electron chi connectivity index (χ1n) is 7.02. The molecule has 22 heavy (non-hydrogen) atoms. The van der Waals surface area contributed by atoms with Gasteiger partial charge in [-0.3, -0.25) is 9.36 Å². The molecule has 0 aliphatic carbocycles. The molecule has 0 saturated carbocycles. The van der Waals surface area contributed by atoms with E-state index in [1.165, 1.54) is 0 Å². The molecule has 0 unspecified atom stereocenters. The second kappa shape index (κ2) is 6.15. The Morgan fingerprint density at radius 3 is 2.77 bits per heavy atom. The van der Waals surface area contributed by atoms with Crippen molar-refractivity contribution in [2.75, 3.05) is 5.75 Å². The maximum Gasteiger partial charge on any atom is 0.266 e. The molecular weight excluding hydrogens is 316 g/mol. The van der Waals surface area contributed by atoms with Crippen LogP contribution in [0.4, 0.5) is 0 Å². The van der Waals surface area contributed by atoms with Gasteiger partial charge in [-0.15, -0.1) is 0 Å². The number of rotatable bonds is 3. The van der Waals surface area contributed by atoms with E-state index in [4.69, 9.17) is 11.6 Å². The quantitative estimate of drug-likeness (QED) is 0.525. The molecule has 0 N–H and O–H groups in total. The normalized spacial score (nSPS) is 11.0. The van der Waals surface area contributed by atoms with Gasteiger partial charge in [-0.1, -0.05) is 42.4 Å². The third-order valence-corrected chi connectivity index (χ3v) is 4.39. The Hall–Kier alpha value is -1.78. The third kappa shape index (κ3) is 2.76. The van der Waals surface area contributed by atoms with Crippen molar-refractivity contribution >= 4 is 34.3 Å². The van der Waals surface area contributed by atoms with Gasteiger partial charge in [0.05, 0.1) is 16.6 Å². The SMILES string of the molecule is CCSc1nc2cc(Cl)ccc2c(=O)n1-c1cccc(C)c1. The van der Waals surface area contributed by atoms with Crippen LogP contribution in [-0.2, 0) is 0 Å².